The number of phenols is 1. The second-order valence-electron chi connectivity index (χ2n) is 1.90. The zero-order valence-corrected chi connectivity index (χ0v) is 10.1. The first-order valence-corrected chi connectivity index (χ1v) is 4.29. The average Bonchev–Trinajstić information content (AvgIpc) is 1.94. The van der Waals surface area contributed by atoms with E-state index in [0.29, 0.717) is 4.90 Å². The Morgan fingerprint density at radius 2 is 2.08 bits per heavy atom. The maximum Gasteiger partial charge on any atom is 1.00 e. The van der Waals surface area contributed by atoms with E-state index in [1.807, 2.05) is 0 Å². The molecular weight excluding hydrogens is 207 g/mol. The molecular formula is C6H7NaO3S2. The van der Waals surface area contributed by atoms with Crippen LogP contribution < -0.4 is 29.6 Å². The summed E-state index contributed by atoms with van der Waals surface area (Å²) in [5, 5.41) is 9.03. The Morgan fingerprint density at radius 3 is 2.50 bits per heavy atom. The van der Waals surface area contributed by atoms with Gasteiger partial charge in [-0.05, 0) is 18.2 Å². The van der Waals surface area contributed by atoms with E-state index in [-0.39, 0.29) is 41.6 Å². The van der Waals surface area contributed by atoms with Crippen LogP contribution in [-0.2, 0) is 11.1 Å². The fourth-order valence-corrected chi connectivity index (χ4v) is 1.15. The van der Waals surface area contributed by atoms with Crippen molar-refractivity contribution in [3.8, 4) is 5.75 Å². The van der Waals surface area contributed by atoms with E-state index in [9.17, 15) is 4.21 Å². The topological polar surface area (TPSA) is 57.5 Å². The molecule has 0 aromatic heterocycles. The maximum atomic E-state index is 10.4. The van der Waals surface area contributed by atoms with E-state index in [1.165, 1.54) is 18.2 Å². The molecule has 1 unspecified atom stereocenters. The van der Waals surface area contributed by atoms with E-state index >= 15 is 0 Å². The van der Waals surface area contributed by atoms with Gasteiger partial charge in [-0.2, -0.15) is 0 Å². The minimum absolute atomic E-state index is 0. The van der Waals surface area contributed by atoms with Gasteiger partial charge >= 0.3 is 29.6 Å². The van der Waals surface area contributed by atoms with Gasteiger partial charge in [0, 0.05) is 4.90 Å². The van der Waals surface area contributed by atoms with Gasteiger partial charge in [0.1, 0.15) is 5.75 Å². The van der Waals surface area contributed by atoms with Crippen molar-refractivity contribution in [2.24, 2.45) is 0 Å². The van der Waals surface area contributed by atoms with E-state index in [2.05, 4.69) is 12.6 Å². The Hall–Kier alpha value is 0.480. The third-order valence-corrected chi connectivity index (χ3v) is 2.18. The van der Waals surface area contributed by atoms with Crippen LogP contribution in [-0.4, -0.2) is 13.9 Å². The summed E-state index contributed by atoms with van der Waals surface area (Å²) in [6.45, 7) is 0. The van der Waals surface area contributed by atoms with Gasteiger partial charge in [-0.15, -0.1) is 12.6 Å². The summed E-state index contributed by atoms with van der Waals surface area (Å²) in [7, 11) is 0. The fraction of sp³-hybridized carbons (Fsp3) is 0. The number of hydrogen-bond donors (Lipinski definition) is 3. The van der Waals surface area contributed by atoms with Crippen molar-refractivity contribution in [3.05, 3.63) is 18.2 Å². The Bertz CT molecular complexity index is 308. The third kappa shape index (κ3) is 3.08. The van der Waals surface area contributed by atoms with Crippen molar-refractivity contribution < 1.29 is 44.9 Å². The Morgan fingerprint density at radius 1 is 1.50 bits per heavy atom. The van der Waals surface area contributed by atoms with E-state index in [4.69, 9.17) is 9.66 Å². The molecule has 2 N–H and O–H groups in total. The molecule has 0 amide bonds. The van der Waals surface area contributed by atoms with Crippen molar-refractivity contribution in [1.29, 1.82) is 0 Å². The molecule has 0 heterocycles. The van der Waals surface area contributed by atoms with Crippen molar-refractivity contribution in [2.45, 2.75) is 9.79 Å². The first kappa shape index (κ1) is 12.5. The molecule has 12 heavy (non-hydrogen) atoms. The zero-order chi connectivity index (χ0) is 8.43. The predicted octanol–water partition coefficient (Wildman–Crippen LogP) is -1.62. The van der Waals surface area contributed by atoms with Gasteiger partial charge in [0.25, 0.3) is 0 Å². The van der Waals surface area contributed by atoms with Crippen molar-refractivity contribution in [1.82, 2.24) is 0 Å². The van der Waals surface area contributed by atoms with E-state index < -0.39 is 11.1 Å². The average molecular weight is 214 g/mol. The molecule has 0 saturated heterocycles. The zero-order valence-electron chi connectivity index (χ0n) is 7.39. The van der Waals surface area contributed by atoms with Crippen LogP contribution in [0.5, 0.6) is 5.75 Å². The molecule has 1 aromatic rings. The minimum atomic E-state index is -2.04. The molecule has 0 fully saturated rings. The van der Waals surface area contributed by atoms with Crippen LogP contribution in [0.15, 0.2) is 28.0 Å². The molecule has 3 nitrogen and oxygen atoms in total. The maximum absolute atomic E-state index is 10.4. The number of phenolic OH excluding ortho intramolecular Hbond substituents is 1. The number of benzene rings is 1. The SMILES string of the molecule is O=S(O)c1ccc(S)c(O)c1.[H-].[Na+]. The molecule has 0 aliphatic heterocycles. The minimum Gasteiger partial charge on any atom is -1.00 e. The summed E-state index contributed by atoms with van der Waals surface area (Å²) < 4.78 is 19.0. The molecule has 0 radical (unpaired) electrons. The first-order valence-electron chi connectivity index (χ1n) is 2.74. The van der Waals surface area contributed by atoms with Crippen molar-refractivity contribution in [2.75, 3.05) is 0 Å². The second-order valence-corrected chi connectivity index (χ2v) is 3.35. The quantitative estimate of drug-likeness (QED) is 0.299. The van der Waals surface area contributed by atoms with E-state index in [1.54, 1.807) is 0 Å². The summed E-state index contributed by atoms with van der Waals surface area (Å²) in [6.07, 6.45) is 0. The van der Waals surface area contributed by atoms with Gasteiger partial charge in [0.05, 0.1) is 4.90 Å². The van der Waals surface area contributed by atoms with Crippen molar-refractivity contribution in [3.63, 3.8) is 0 Å². The number of rotatable bonds is 1. The molecule has 0 aliphatic carbocycles. The molecule has 1 rings (SSSR count). The summed E-state index contributed by atoms with van der Waals surface area (Å²) >= 11 is 1.84. The first-order chi connectivity index (χ1) is 5.11. The summed E-state index contributed by atoms with van der Waals surface area (Å²) in [4.78, 5) is 0.555. The predicted molar refractivity (Wildman–Crippen MR) is 45.5 cm³/mol. The van der Waals surface area contributed by atoms with Crippen LogP contribution in [0, 0.1) is 0 Å². The van der Waals surface area contributed by atoms with Gasteiger partial charge in [0.15, 0.2) is 11.1 Å². The van der Waals surface area contributed by atoms with Gasteiger partial charge in [-0.25, -0.2) is 4.21 Å². The normalized spacial score (nSPS) is 11.8. The van der Waals surface area contributed by atoms with Crippen LogP contribution in [0.4, 0.5) is 0 Å². The molecule has 1 atom stereocenters. The standard InChI is InChI=1S/C6H6O3S2.Na.H/c7-5-3-4(11(8)9)1-2-6(5)10;;/h1-3,7,10H,(H,8,9);;/q;+1;-1. The van der Waals surface area contributed by atoms with Crippen LogP contribution in [0.3, 0.4) is 0 Å². The molecule has 0 aliphatic rings. The summed E-state index contributed by atoms with van der Waals surface area (Å²) in [6, 6.07) is 4.10. The molecule has 1 aromatic carbocycles. The largest absolute Gasteiger partial charge is 1.00 e. The van der Waals surface area contributed by atoms with Crippen molar-refractivity contribution >= 4 is 23.7 Å². The number of aromatic hydroxyl groups is 1. The Labute approximate surface area is 102 Å². The summed E-state index contributed by atoms with van der Waals surface area (Å²) in [5.74, 6) is -0.0896. The van der Waals surface area contributed by atoms with Gasteiger partial charge in [0.2, 0.25) is 0 Å². The third-order valence-electron chi connectivity index (χ3n) is 1.15. The fourth-order valence-electron chi connectivity index (χ4n) is 0.612. The Kier molecular flexibility index (Phi) is 5.47. The van der Waals surface area contributed by atoms with Gasteiger partial charge < -0.3 is 11.1 Å². The van der Waals surface area contributed by atoms with Gasteiger partial charge in [-0.3, -0.25) is 0 Å². The monoisotopic (exact) mass is 214 g/mol. The molecule has 0 spiro atoms. The molecule has 6 heteroatoms. The Balaban J connectivity index is 0. The molecule has 62 valence electrons. The smallest absolute Gasteiger partial charge is 1.00 e. The van der Waals surface area contributed by atoms with Crippen LogP contribution in [0.25, 0.3) is 0 Å². The van der Waals surface area contributed by atoms with Crippen LogP contribution in [0.1, 0.15) is 1.43 Å². The number of hydrogen-bond acceptors (Lipinski definition) is 3. The van der Waals surface area contributed by atoms with Crippen LogP contribution >= 0.6 is 12.6 Å². The van der Waals surface area contributed by atoms with Crippen LogP contribution in [0.2, 0.25) is 0 Å². The van der Waals surface area contributed by atoms with E-state index in [0.717, 1.165) is 0 Å². The van der Waals surface area contributed by atoms with Gasteiger partial charge in [-0.1, -0.05) is 0 Å². The molecule has 0 bridgehead atoms. The molecule has 0 saturated carbocycles. The second kappa shape index (κ2) is 5.26. The number of thiol groups is 1. The summed E-state index contributed by atoms with van der Waals surface area (Å²) in [5.41, 5.74) is 0.